The number of benzene rings is 2. The van der Waals surface area contributed by atoms with E-state index in [0.29, 0.717) is 5.56 Å². The number of carbonyl (C=O) groups excluding carboxylic acids is 3. The minimum absolute atomic E-state index is 0.271. The molecule has 2 aromatic rings. The van der Waals surface area contributed by atoms with E-state index in [1.807, 2.05) is 0 Å². The molecule has 0 bridgehead atoms. The smallest absolute Gasteiger partial charge is 0.338 e. The lowest BCUT2D eigenvalue weighted by Crippen LogP contribution is -2.44. The maximum Gasteiger partial charge on any atom is 0.338 e. The summed E-state index contributed by atoms with van der Waals surface area (Å²) in [5.41, 5.74) is 0.602. The largest absolute Gasteiger partial charge is 0.456 e. The van der Waals surface area contributed by atoms with E-state index in [9.17, 15) is 19.5 Å². The molecule has 2 aromatic carbocycles. The van der Waals surface area contributed by atoms with Gasteiger partial charge in [-0.2, -0.15) is 0 Å². The third kappa shape index (κ3) is 5.03. The van der Waals surface area contributed by atoms with Crippen LogP contribution in [0.25, 0.3) is 0 Å². The average molecular weight is 414 g/mol. The van der Waals surface area contributed by atoms with E-state index in [4.69, 9.17) is 18.9 Å². The van der Waals surface area contributed by atoms with Crippen LogP contribution in [0.15, 0.2) is 60.7 Å². The second kappa shape index (κ2) is 9.51. The lowest BCUT2D eigenvalue weighted by Gasteiger charge is -2.26. The number of hydrogen-bond donors (Lipinski definition) is 1. The third-order valence-electron chi connectivity index (χ3n) is 4.54. The fourth-order valence-corrected chi connectivity index (χ4v) is 3.14. The molecule has 0 amide bonds. The van der Waals surface area contributed by atoms with Gasteiger partial charge in [-0.1, -0.05) is 36.4 Å². The Morgan fingerprint density at radius 2 is 1.40 bits per heavy atom. The van der Waals surface area contributed by atoms with Crippen molar-refractivity contribution in [2.45, 2.75) is 44.6 Å². The Kier molecular flexibility index (Phi) is 6.81. The molecular formula is C22H22O8. The molecule has 30 heavy (non-hydrogen) atoms. The van der Waals surface area contributed by atoms with E-state index >= 15 is 0 Å². The van der Waals surface area contributed by atoms with Crippen LogP contribution in [-0.2, 0) is 23.7 Å². The molecule has 1 aliphatic rings. The Morgan fingerprint density at radius 1 is 0.867 bits per heavy atom. The maximum absolute atomic E-state index is 12.5. The highest BCUT2D eigenvalue weighted by molar-refractivity contribution is 5.90. The fraction of sp³-hybridized carbons (Fsp3) is 0.318. The molecule has 158 valence electrons. The molecule has 0 radical (unpaired) electrons. The van der Waals surface area contributed by atoms with Crippen LogP contribution in [0.1, 0.15) is 34.6 Å². The van der Waals surface area contributed by atoms with E-state index in [1.165, 1.54) is 6.92 Å². The number of carbonyl (C=O) groups is 3. The number of aliphatic hydroxyl groups is 1. The summed E-state index contributed by atoms with van der Waals surface area (Å²) in [4.78, 5) is 36.4. The molecule has 1 heterocycles. The molecular weight excluding hydrogens is 392 g/mol. The first kappa shape index (κ1) is 21.5. The zero-order valence-electron chi connectivity index (χ0n) is 16.5. The Labute approximate surface area is 173 Å². The van der Waals surface area contributed by atoms with Crippen molar-refractivity contribution in [3.63, 3.8) is 0 Å². The molecule has 0 unspecified atom stereocenters. The summed E-state index contributed by atoms with van der Waals surface area (Å²) in [5.74, 6) is -1.98. The van der Waals surface area contributed by atoms with Crippen LogP contribution in [0.2, 0.25) is 0 Å². The standard InChI is InChI=1S/C22H22O8/c1-13(27-20(24)15-9-5-3-6-10-15)17-18(19(22(26)29-17)28-14(2)23)30-21(25)16-11-7-4-8-12-16/h3-13,17-19,22,26H,1-2H3/t13-,17-,18-,19-,22-/m1/s1. The minimum atomic E-state index is -1.55. The third-order valence-corrected chi connectivity index (χ3v) is 4.54. The molecule has 5 atom stereocenters. The second-order valence-corrected chi connectivity index (χ2v) is 6.78. The summed E-state index contributed by atoms with van der Waals surface area (Å²) >= 11 is 0. The molecule has 0 aromatic heterocycles. The van der Waals surface area contributed by atoms with E-state index in [-0.39, 0.29) is 5.56 Å². The number of esters is 3. The van der Waals surface area contributed by atoms with Gasteiger partial charge >= 0.3 is 17.9 Å². The van der Waals surface area contributed by atoms with Crippen LogP contribution in [0.5, 0.6) is 0 Å². The molecule has 0 spiro atoms. The zero-order valence-corrected chi connectivity index (χ0v) is 16.5. The van der Waals surface area contributed by atoms with Gasteiger partial charge < -0.3 is 24.1 Å². The van der Waals surface area contributed by atoms with E-state index < -0.39 is 48.6 Å². The zero-order chi connectivity index (χ0) is 21.7. The summed E-state index contributed by atoms with van der Waals surface area (Å²) in [7, 11) is 0. The Bertz CT molecular complexity index is 883. The predicted molar refractivity (Wildman–Crippen MR) is 103 cm³/mol. The highest BCUT2D eigenvalue weighted by Crippen LogP contribution is 2.30. The highest BCUT2D eigenvalue weighted by Gasteiger charge is 2.52. The van der Waals surface area contributed by atoms with Gasteiger partial charge in [-0.15, -0.1) is 0 Å². The normalized spacial score (nSPS) is 24.0. The van der Waals surface area contributed by atoms with Gasteiger partial charge in [0.25, 0.3) is 0 Å². The first-order valence-electron chi connectivity index (χ1n) is 9.39. The van der Waals surface area contributed by atoms with Crippen molar-refractivity contribution in [2.24, 2.45) is 0 Å². The lowest BCUT2D eigenvalue weighted by atomic mass is 10.1. The van der Waals surface area contributed by atoms with Crippen LogP contribution in [-0.4, -0.2) is 53.7 Å². The summed E-state index contributed by atoms with van der Waals surface area (Å²) in [5, 5.41) is 10.2. The SMILES string of the molecule is CC(=O)O[C@@H]1[C@H](OC(=O)c2ccccc2)[C@@H]([C@@H](C)OC(=O)c2ccccc2)O[C@H]1O. The van der Waals surface area contributed by atoms with Crippen LogP contribution >= 0.6 is 0 Å². The van der Waals surface area contributed by atoms with Crippen molar-refractivity contribution < 1.29 is 38.4 Å². The van der Waals surface area contributed by atoms with Crippen molar-refractivity contribution >= 4 is 17.9 Å². The van der Waals surface area contributed by atoms with Crippen molar-refractivity contribution in [1.29, 1.82) is 0 Å². The van der Waals surface area contributed by atoms with Gasteiger partial charge in [0.1, 0.15) is 12.2 Å². The van der Waals surface area contributed by atoms with Gasteiger partial charge in [-0.3, -0.25) is 4.79 Å². The average Bonchev–Trinajstić information content (AvgIpc) is 3.04. The predicted octanol–water partition coefficient (Wildman–Crippen LogP) is 2.11. The monoisotopic (exact) mass is 414 g/mol. The molecule has 1 saturated heterocycles. The molecule has 8 heteroatoms. The lowest BCUT2D eigenvalue weighted by molar-refractivity contribution is -0.172. The van der Waals surface area contributed by atoms with E-state index in [2.05, 4.69) is 0 Å². The quantitative estimate of drug-likeness (QED) is 0.566. The summed E-state index contributed by atoms with van der Waals surface area (Å²) in [6.07, 6.45) is -5.97. The molecule has 0 saturated carbocycles. The van der Waals surface area contributed by atoms with E-state index in [1.54, 1.807) is 60.7 Å². The van der Waals surface area contributed by atoms with Gasteiger partial charge in [-0.05, 0) is 31.2 Å². The van der Waals surface area contributed by atoms with Crippen LogP contribution in [0, 0.1) is 0 Å². The topological polar surface area (TPSA) is 108 Å². The number of hydrogen-bond acceptors (Lipinski definition) is 8. The van der Waals surface area contributed by atoms with Crippen molar-refractivity contribution in [3.05, 3.63) is 71.8 Å². The fourth-order valence-electron chi connectivity index (χ4n) is 3.14. The van der Waals surface area contributed by atoms with Gasteiger partial charge in [0.15, 0.2) is 18.5 Å². The molecule has 3 rings (SSSR count). The first-order chi connectivity index (χ1) is 14.4. The van der Waals surface area contributed by atoms with Gasteiger partial charge in [-0.25, -0.2) is 9.59 Å². The summed E-state index contributed by atoms with van der Waals surface area (Å²) < 4.78 is 21.5. The van der Waals surface area contributed by atoms with Crippen molar-refractivity contribution in [3.8, 4) is 0 Å². The number of aliphatic hydroxyl groups excluding tert-OH is 1. The molecule has 1 N–H and O–H groups in total. The van der Waals surface area contributed by atoms with Gasteiger partial charge in [0.05, 0.1) is 11.1 Å². The summed E-state index contributed by atoms with van der Waals surface area (Å²) in [6, 6.07) is 16.5. The van der Waals surface area contributed by atoms with Crippen LogP contribution in [0.4, 0.5) is 0 Å². The Balaban J connectivity index is 1.78. The molecule has 8 nitrogen and oxygen atoms in total. The van der Waals surface area contributed by atoms with Crippen molar-refractivity contribution in [1.82, 2.24) is 0 Å². The Morgan fingerprint density at radius 3 is 1.93 bits per heavy atom. The van der Waals surface area contributed by atoms with Crippen LogP contribution < -0.4 is 0 Å². The van der Waals surface area contributed by atoms with Crippen molar-refractivity contribution in [2.75, 3.05) is 0 Å². The second-order valence-electron chi connectivity index (χ2n) is 6.78. The summed E-state index contributed by atoms with van der Waals surface area (Å²) in [6.45, 7) is 2.70. The molecule has 0 aliphatic carbocycles. The van der Waals surface area contributed by atoms with Crippen LogP contribution in [0.3, 0.4) is 0 Å². The van der Waals surface area contributed by atoms with Gasteiger partial charge in [0, 0.05) is 6.92 Å². The molecule has 1 fully saturated rings. The Hall–Kier alpha value is -3.23. The highest BCUT2D eigenvalue weighted by atomic mass is 16.7. The number of rotatable bonds is 6. The first-order valence-corrected chi connectivity index (χ1v) is 9.39. The van der Waals surface area contributed by atoms with E-state index in [0.717, 1.165) is 6.92 Å². The van der Waals surface area contributed by atoms with Gasteiger partial charge in [0.2, 0.25) is 0 Å². The maximum atomic E-state index is 12.5. The number of ether oxygens (including phenoxy) is 4. The minimum Gasteiger partial charge on any atom is -0.456 e. The molecule has 1 aliphatic heterocycles.